The zero-order valence-electron chi connectivity index (χ0n) is 25.2. The fourth-order valence-electron chi connectivity index (χ4n) is 6.25. The molecule has 8 N–H and O–H groups in total. The lowest BCUT2D eigenvalue weighted by atomic mass is 9.87. The molecule has 0 radical (unpaired) electrons. The standard InChI is InChI=1S/C32H40O14/c1-32(2)8-7-18-19(46-32)6-3-14-9-15(13-41-28(14)18)17-5-4-16(35)10-20(17)42-30-27(40)25(38)29(22(12-34)44-30)45-31-26(39)24(37)23(36)21(11-33)43-31/h3-8,10,15,21-27,29-31,33-40H,9,11-13H2,1-2H3/t15-,21+,22+,23+,24-,25+,26+,27+,29+,30-,31+/m0/s1. The maximum atomic E-state index is 11.0. The fraction of sp³-hybridized carbons (Fsp3) is 0.562. The lowest BCUT2D eigenvalue weighted by Crippen LogP contribution is -2.65. The molecule has 252 valence electrons. The Labute approximate surface area is 264 Å². The highest BCUT2D eigenvalue weighted by Crippen LogP contribution is 2.45. The third kappa shape index (κ3) is 6.18. The van der Waals surface area contributed by atoms with Crippen LogP contribution in [0.1, 0.15) is 36.5 Å². The van der Waals surface area contributed by atoms with Crippen molar-refractivity contribution in [2.75, 3.05) is 19.8 Å². The first-order chi connectivity index (χ1) is 21.9. The molecule has 0 aliphatic carbocycles. The van der Waals surface area contributed by atoms with Crippen LogP contribution in [0.5, 0.6) is 23.0 Å². The molecule has 2 aromatic rings. The van der Waals surface area contributed by atoms with E-state index in [2.05, 4.69) is 0 Å². The second-order valence-corrected chi connectivity index (χ2v) is 12.6. The zero-order valence-corrected chi connectivity index (χ0v) is 25.2. The summed E-state index contributed by atoms with van der Waals surface area (Å²) < 4.78 is 35.1. The maximum absolute atomic E-state index is 11.0. The van der Waals surface area contributed by atoms with Crippen molar-refractivity contribution < 1.29 is 69.3 Å². The Bertz CT molecular complexity index is 1430. The van der Waals surface area contributed by atoms with Gasteiger partial charge in [-0.15, -0.1) is 0 Å². The molecule has 6 rings (SSSR count). The van der Waals surface area contributed by atoms with Gasteiger partial charge in [0.1, 0.15) is 77.4 Å². The summed E-state index contributed by atoms with van der Waals surface area (Å²) in [5, 5.41) is 82.4. The van der Waals surface area contributed by atoms with E-state index in [0.717, 1.165) is 22.6 Å². The Morgan fingerprint density at radius 2 is 1.57 bits per heavy atom. The number of aliphatic hydroxyl groups is 7. The predicted octanol–water partition coefficient (Wildman–Crippen LogP) is -0.702. The second-order valence-electron chi connectivity index (χ2n) is 12.6. The molecule has 0 amide bonds. The third-order valence-electron chi connectivity index (χ3n) is 8.80. The van der Waals surface area contributed by atoms with Gasteiger partial charge in [-0.1, -0.05) is 12.1 Å². The number of hydrogen-bond acceptors (Lipinski definition) is 14. The van der Waals surface area contributed by atoms with Gasteiger partial charge >= 0.3 is 0 Å². The third-order valence-corrected chi connectivity index (χ3v) is 8.80. The Kier molecular flexibility index (Phi) is 9.21. The van der Waals surface area contributed by atoms with Gasteiger partial charge in [0.15, 0.2) is 6.29 Å². The van der Waals surface area contributed by atoms with Crippen LogP contribution in [0.4, 0.5) is 0 Å². The van der Waals surface area contributed by atoms with Gasteiger partial charge in [0.2, 0.25) is 6.29 Å². The minimum absolute atomic E-state index is 0.122. The van der Waals surface area contributed by atoms with Gasteiger partial charge in [-0.05, 0) is 50.1 Å². The number of fused-ring (bicyclic) bond motifs is 3. The lowest BCUT2D eigenvalue weighted by Gasteiger charge is -2.46. The molecule has 0 aromatic heterocycles. The number of benzene rings is 2. The van der Waals surface area contributed by atoms with Crippen molar-refractivity contribution in [3.63, 3.8) is 0 Å². The summed E-state index contributed by atoms with van der Waals surface area (Å²) in [5.41, 5.74) is 2.01. The monoisotopic (exact) mass is 648 g/mol. The molecule has 2 aromatic carbocycles. The Balaban J connectivity index is 1.19. The molecule has 11 atom stereocenters. The molecule has 2 fully saturated rings. The first-order valence-corrected chi connectivity index (χ1v) is 15.2. The largest absolute Gasteiger partial charge is 0.508 e. The Morgan fingerprint density at radius 1 is 0.848 bits per heavy atom. The molecule has 2 saturated heterocycles. The van der Waals surface area contributed by atoms with E-state index in [0.29, 0.717) is 12.0 Å². The average molecular weight is 649 g/mol. The van der Waals surface area contributed by atoms with Crippen molar-refractivity contribution in [3.8, 4) is 23.0 Å². The summed E-state index contributed by atoms with van der Waals surface area (Å²) >= 11 is 0. The molecule has 14 nitrogen and oxygen atoms in total. The van der Waals surface area contributed by atoms with Crippen LogP contribution in [0.3, 0.4) is 0 Å². The number of aromatic hydroxyl groups is 1. The molecule has 4 aliphatic rings. The molecule has 0 bridgehead atoms. The van der Waals surface area contributed by atoms with Crippen LogP contribution in [-0.2, 0) is 20.6 Å². The van der Waals surface area contributed by atoms with Crippen molar-refractivity contribution >= 4 is 6.08 Å². The number of rotatable bonds is 7. The quantitative estimate of drug-likeness (QED) is 0.186. The van der Waals surface area contributed by atoms with Crippen LogP contribution in [0.25, 0.3) is 6.08 Å². The van der Waals surface area contributed by atoms with E-state index in [1.807, 2.05) is 38.1 Å². The summed E-state index contributed by atoms with van der Waals surface area (Å²) in [6, 6.07) is 8.38. The summed E-state index contributed by atoms with van der Waals surface area (Å²) in [4.78, 5) is 0. The van der Waals surface area contributed by atoms with E-state index in [9.17, 15) is 40.9 Å². The number of phenolic OH excluding ortho intramolecular Hbond substituents is 1. The Hall–Kier alpha value is -3.02. The van der Waals surface area contributed by atoms with Gasteiger partial charge < -0.3 is 69.3 Å². The highest BCUT2D eigenvalue weighted by Gasteiger charge is 2.51. The number of hydrogen-bond donors (Lipinski definition) is 8. The summed E-state index contributed by atoms with van der Waals surface area (Å²) in [6.45, 7) is 2.79. The van der Waals surface area contributed by atoms with Gasteiger partial charge in [0, 0.05) is 17.5 Å². The first-order valence-electron chi connectivity index (χ1n) is 15.2. The van der Waals surface area contributed by atoms with Gasteiger partial charge in [-0.25, -0.2) is 0 Å². The minimum Gasteiger partial charge on any atom is -0.508 e. The molecule has 4 heterocycles. The molecule has 46 heavy (non-hydrogen) atoms. The fourth-order valence-corrected chi connectivity index (χ4v) is 6.25. The number of aliphatic hydroxyl groups excluding tert-OH is 7. The van der Waals surface area contributed by atoms with Crippen molar-refractivity contribution in [2.24, 2.45) is 0 Å². The second kappa shape index (κ2) is 12.9. The number of phenols is 1. The van der Waals surface area contributed by atoms with E-state index in [1.165, 1.54) is 12.1 Å². The van der Waals surface area contributed by atoms with E-state index >= 15 is 0 Å². The average Bonchev–Trinajstić information content (AvgIpc) is 3.03. The van der Waals surface area contributed by atoms with Crippen LogP contribution in [-0.4, -0.2) is 128 Å². The lowest BCUT2D eigenvalue weighted by molar-refractivity contribution is -0.352. The molecule has 0 unspecified atom stereocenters. The van der Waals surface area contributed by atoms with Gasteiger partial charge in [-0.3, -0.25) is 0 Å². The van der Waals surface area contributed by atoms with E-state index in [4.69, 9.17) is 28.4 Å². The minimum atomic E-state index is -1.78. The van der Waals surface area contributed by atoms with Gasteiger partial charge in [0.05, 0.1) is 25.4 Å². The SMILES string of the molecule is CC1(C)C=Cc2c(ccc3c2OC[C@@H](c2ccc(O)cc2O[C@H]2O[C@H](CO)[C@@H](O[C@H]4O[C@H](CO)[C@@H](O)[C@H](O)[C@H]4O)[C@H](O)[C@H]2O)C3)O1. The highest BCUT2D eigenvalue weighted by atomic mass is 16.7. The maximum Gasteiger partial charge on any atom is 0.229 e. The topological polar surface area (TPSA) is 217 Å². The summed E-state index contributed by atoms with van der Waals surface area (Å²) in [7, 11) is 0. The molecule has 0 saturated carbocycles. The highest BCUT2D eigenvalue weighted by molar-refractivity contribution is 5.69. The van der Waals surface area contributed by atoms with Gasteiger partial charge in [0.25, 0.3) is 0 Å². The number of ether oxygens (including phenoxy) is 6. The van der Waals surface area contributed by atoms with E-state index < -0.39 is 80.2 Å². The smallest absolute Gasteiger partial charge is 0.229 e. The summed E-state index contributed by atoms with van der Waals surface area (Å²) in [5.74, 6) is 1.26. The van der Waals surface area contributed by atoms with E-state index in [-0.39, 0.29) is 24.0 Å². The van der Waals surface area contributed by atoms with Gasteiger partial charge in [-0.2, -0.15) is 0 Å². The molecule has 4 aliphatic heterocycles. The predicted molar refractivity (Wildman–Crippen MR) is 157 cm³/mol. The van der Waals surface area contributed by atoms with Crippen LogP contribution in [0, 0.1) is 0 Å². The van der Waals surface area contributed by atoms with Crippen LogP contribution in [0.2, 0.25) is 0 Å². The summed E-state index contributed by atoms with van der Waals surface area (Å²) in [6.07, 6.45) is -11.4. The Morgan fingerprint density at radius 3 is 2.30 bits per heavy atom. The molecule has 14 heteroatoms. The van der Waals surface area contributed by atoms with Crippen LogP contribution >= 0.6 is 0 Å². The zero-order chi connectivity index (χ0) is 32.9. The normalized spacial score (nSPS) is 36.6. The van der Waals surface area contributed by atoms with E-state index in [1.54, 1.807) is 6.07 Å². The van der Waals surface area contributed by atoms with Crippen molar-refractivity contribution in [2.45, 2.75) is 93.2 Å². The first kappa shape index (κ1) is 32.9. The molecular weight excluding hydrogens is 608 g/mol. The molecule has 0 spiro atoms. The van der Waals surface area contributed by atoms with Crippen molar-refractivity contribution in [3.05, 3.63) is 53.1 Å². The van der Waals surface area contributed by atoms with Crippen LogP contribution in [0.15, 0.2) is 36.4 Å². The van der Waals surface area contributed by atoms with Crippen molar-refractivity contribution in [1.29, 1.82) is 0 Å². The van der Waals surface area contributed by atoms with Crippen LogP contribution < -0.4 is 14.2 Å². The van der Waals surface area contributed by atoms with Crippen molar-refractivity contribution in [1.82, 2.24) is 0 Å². The molecular formula is C32H40O14.